The summed E-state index contributed by atoms with van der Waals surface area (Å²) in [7, 11) is 0. The third kappa shape index (κ3) is 27.6. The Bertz CT molecular complexity index is 3390. The summed E-state index contributed by atoms with van der Waals surface area (Å²) in [5.41, 5.74) is 9.39. The summed E-state index contributed by atoms with van der Waals surface area (Å²) in [4.78, 5) is 194. The van der Waals surface area contributed by atoms with Crippen LogP contribution in [0.4, 0.5) is 0 Å². The molecule has 4 rings (SSSR count). The molecule has 3 aromatic rings. The zero-order chi connectivity index (χ0) is 73.9. The number of benzene rings is 2. The van der Waals surface area contributed by atoms with Crippen LogP contribution in [0.15, 0.2) is 66.9 Å². The number of rotatable bonds is 27. The molecule has 8 amide bonds. The summed E-state index contributed by atoms with van der Waals surface area (Å²) in [5, 5.41) is 39.7. The minimum Gasteiger partial charge on any atom is -0.508 e. The second-order valence-corrected chi connectivity index (χ2v) is 27.5. The van der Waals surface area contributed by atoms with Gasteiger partial charge < -0.3 is 58.1 Å². The molecule has 14 N–H and O–H groups in total. The van der Waals surface area contributed by atoms with Gasteiger partial charge in [0.2, 0.25) is 58.8 Å². The second-order valence-electron chi connectivity index (χ2n) is 27.5. The number of carbonyl (C=O) groups excluding carboxylic acids is 13. The maximum atomic E-state index is 15.0. The van der Waals surface area contributed by atoms with Crippen LogP contribution in [0.5, 0.6) is 5.75 Å². The van der Waals surface area contributed by atoms with Gasteiger partial charge >= 0.3 is 5.97 Å². The van der Waals surface area contributed by atoms with Crippen molar-refractivity contribution in [1.82, 2.24) is 53.1 Å². The van der Waals surface area contributed by atoms with Crippen LogP contribution in [-0.4, -0.2) is 151 Å². The van der Waals surface area contributed by atoms with Gasteiger partial charge in [0.25, 0.3) is 0 Å². The third-order valence-corrected chi connectivity index (χ3v) is 18.0. The zero-order valence-electron chi connectivity index (χ0n) is 59.1. The molecule has 1 aliphatic heterocycles. The van der Waals surface area contributed by atoms with Gasteiger partial charge in [-0.05, 0) is 141 Å². The normalized spacial score (nSPS) is 22.7. The van der Waals surface area contributed by atoms with Crippen molar-refractivity contribution in [2.75, 3.05) is 0 Å². The SMILES string of the molecule is C.CC(=O)C[C@]1(C)CCCCCC/C=C/CCC[C@@](C)(C(=O)N[C@@H](C)C(=O)NC(C)C(=O)N[C@@H](C)C(=O)C(=O)[C@H](C)NN[C@H](C)C(=O)C[C@H](C)C(N)=O)NC(=O)[C@H](CC(C)C)CCC(=O)[C@H](Cc2c[nH]c3ccccc23)NC(=O)C(Cc2ccc(O)cc2)NC(=O)[C@H](CCC(=O)O)NC1=O. The molecular weight excluding hydrogens is 1290 g/mol. The van der Waals surface area contributed by atoms with Gasteiger partial charge in [0.05, 0.1) is 29.6 Å². The van der Waals surface area contributed by atoms with Crippen molar-refractivity contribution >= 4 is 93.0 Å². The lowest BCUT2D eigenvalue weighted by atomic mass is 9.79. The fraction of sp³-hybridized carbons (Fsp3) is 0.589. The first-order valence-corrected chi connectivity index (χ1v) is 34.3. The zero-order valence-corrected chi connectivity index (χ0v) is 59.1. The highest BCUT2D eigenvalue weighted by Crippen LogP contribution is 2.31. The number of phenols is 1. The van der Waals surface area contributed by atoms with Gasteiger partial charge in [0.15, 0.2) is 11.6 Å². The Kier molecular flexibility index (Phi) is 34.9. The second kappa shape index (κ2) is 40.9. The standard InChI is InChI=1S/C72H105N11O16.CH4/c1-41(2)35-50-27-31-58(86)56(38-51-40-74-54-24-20-19-23-53(51)54)78-68(97)57(37-49-25-28-52(85)29-26-49)79-67(96)55(30-32-60(88)89)80-69(98)71(10,39-43(4)84)33-21-17-15-13-12-14-16-18-22-34-72(11,81-66(50)95)70(99)77-48(9)65(94)76-47(8)64(93)75-45(6)61(90)62(91)46(7)83-82-44(5)59(87)36-42(3)63(73)92;/h14,16,19-20,23-26,28-29,40-42,44-48,50,55-57,74,82-83,85H,12-13,15,17-18,21-22,27,30-39H2,1-11H3,(H2,73,92)(H,75,93)(H,76,94)(H,77,99)(H,78,97)(H,79,96)(H,80,98)(H,81,95)(H,88,89);1H4/b16-14+;/t42-,44+,45-,46-,47?,48-,50-,55-,56-,57?,71-,72-;/m0./s1. The predicted octanol–water partition coefficient (Wildman–Crippen LogP) is 5.17. The number of aromatic amines is 1. The highest BCUT2D eigenvalue weighted by Gasteiger charge is 2.41. The van der Waals surface area contributed by atoms with Gasteiger partial charge in [-0.25, -0.2) is 10.9 Å². The number of allylic oxidation sites excluding steroid dienone is 2. The lowest BCUT2D eigenvalue weighted by Gasteiger charge is -2.33. The molecule has 1 aliphatic rings. The van der Waals surface area contributed by atoms with Crippen molar-refractivity contribution in [1.29, 1.82) is 0 Å². The van der Waals surface area contributed by atoms with Crippen LogP contribution >= 0.6 is 0 Å². The van der Waals surface area contributed by atoms with Crippen LogP contribution < -0.4 is 53.8 Å². The maximum absolute atomic E-state index is 15.0. The highest BCUT2D eigenvalue weighted by atomic mass is 16.4. The number of nitrogens with one attached hydrogen (secondary N) is 10. The minimum atomic E-state index is -1.67. The fourth-order valence-corrected chi connectivity index (χ4v) is 11.7. The van der Waals surface area contributed by atoms with E-state index >= 15 is 0 Å². The first kappa shape index (κ1) is 85.2. The molecule has 1 aromatic heterocycles. The number of primary amides is 1. The number of Topliss-reactive ketones (excluding diaryl/α,β-unsaturated/α-hetero) is 5. The number of para-hydroxylation sites is 1. The third-order valence-electron chi connectivity index (χ3n) is 18.0. The molecule has 2 unspecified atom stereocenters. The number of nitrogens with two attached hydrogens (primary N) is 1. The van der Waals surface area contributed by atoms with E-state index in [-0.39, 0.29) is 94.9 Å². The Morgan fingerprint density at radius 3 is 1.86 bits per heavy atom. The van der Waals surface area contributed by atoms with Crippen LogP contribution in [0.3, 0.4) is 0 Å². The van der Waals surface area contributed by atoms with Crippen LogP contribution in [0.1, 0.15) is 197 Å². The van der Waals surface area contributed by atoms with Gasteiger partial charge in [0, 0.05) is 67.5 Å². The van der Waals surface area contributed by atoms with E-state index in [1.807, 2.05) is 50.3 Å². The largest absolute Gasteiger partial charge is 0.508 e. The summed E-state index contributed by atoms with van der Waals surface area (Å²) >= 11 is 0. The molecule has 0 aliphatic carbocycles. The Hall–Kier alpha value is -8.98. The number of carboxylic acid groups (broad SMARTS) is 1. The van der Waals surface area contributed by atoms with E-state index in [2.05, 4.69) is 53.1 Å². The Labute approximate surface area is 586 Å². The Morgan fingerprint density at radius 2 is 1.23 bits per heavy atom. The quantitative estimate of drug-likeness (QED) is 0.0266. The molecule has 12 atom stereocenters. The number of phenolic OH excluding ortho intramolecular Hbond substituents is 1. The molecule has 27 heteroatoms. The fourth-order valence-electron chi connectivity index (χ4n) is 11.7. The van der Waals surface area contributed by atoms with Crippen LogP contribution in [0.25, 0.3) is 10.9 Å². The van der Waals surface area contributed by atoms with Crippen LogP contribution in [0, 0.1) is 23.2 Å². The summed E-state index contributed by atoms with van der Waals surface area (Å²) in [5.74, 6) is -12.1. The van der Waals surface area contributed by atoms with E-state index in [0.717, 1.165) is 23.7 Å². The van der Waals surface area contributed by atoms with Crippen molar-refractivity contribution in [3.8, 4) is 5.75 Å². The molecule has 0 saturated heterocycles. The number of hydrazine groups is 1. The van der Waals surface area contributed by atoms with Crippen molar-refractivity contribution in [2.45, 2.75) is 253 Å². The number of hydrogen-bond donors (Lipinski definition) is 13. The van der Waals surface area contributed by atoms with Gasteiger partial charge in [-0.3, -0.25) is 67.1 Å². The van der Waals surface area contributed by atoms with E-state index < -0.39 is 148 Å². The van der Waals surface area contributed by atoms with E-state index in [0.29, 0.717) is 43.2 Å². The number of carbonyl (C=O) groups is 14. The number of aromatic nitrogens is 1. The Morgan fingerprint density at radius 1 is 0.650 bits per heavy atom. The van der Waals surface area contributed by atoms with Gasteiger partial charge in [0.1, 0.15) is 41.2 Å². The number of aliphatic carboxylic acids is 1. The monoisotopic (exact) mass is 1400 g/mol. The van der Waals surface area contributed by atoms with Crippen LogP contribution in [-0.2, 0) is 80.0 Å². The van der Waals surface area contributed by atoms with Gasteiger partial charge in [-0.15, -0.1) is 0 Å². The molecule has 0 bridgehead atoms. The average Bonchev–Trinajstić information content (AvgIpc) is 1.44. The van der Waals surface area contributed by atoms with Gasteiger partial charge in [-0.1, -0.05) is 96.9 Å². The predicted molar refractivity (Wildman–Crippen MR) is 377 cm³/mol. The molecule has 2 heterocycles. The minimum absolute atomic E-state index is 0. The van der Waals surface area contributed by atoms with Crippen molar-refractivity contribution in [2.24, 2.45) is 28.9 Å². The summed E-state index contributed by atoms with van der Waals surface area (Å²) < 4.78 is 0. The first-order chi connectivity index (χ1) is 46.5. The van der Waals surface area contributed by atoms with Crippen molar-refractivity contribution in [3.05, 3.63) is 78.0 Å². The van der Waals surface area contributed by atoms with E-state index in [1.54, 1.807) is 13.1 Å². The lowest BCUT2D eigenvalue weighted by Crippen LogP contribution is -2.61. The number of H-pyrrole nitrogens is 1. The van der Waals surface area contributed by atoms with E-state index in [4.69, 9.17) is 5.73 Å². The molecular formula is C73H109N11O16. The van der Waals surface area contributed by atoms with E-state index in [9.17, 15) is 77.3 Å². The number of aromatic hydroxyl groups is 1. The average molecular weight is 1400 g/mol. The lowest BCUT2D eigenvalue weighted by molar-refractivity contribution is -0.140. The van der Waals surface area contributed by atoms with E-state index in [1.165, 1.54) is 79.7 Å². The molecule has 0 spiro atoms. The molecule has 27 nitrogen and oxygen atoms in total. The summed E-state index contributed by atoms with van der Waals surface area (Å²) in [6.45, 7) is 16.6. The molecule has 0 fully saturated rings. The Balaban J connectivity index is 0.0000260. The number of ketones is 5. The van der Waals surface area contributed by atoms with Crippen LogP contribution in [0.2, 0.25) is 0 Å². The molecule has 552 valence electrons. The molecule has 0 radical (unpaired) electrons. The van der Waals surface area contributed by atoms with Gasteiger partial charge in [-0.2, -0.15) is 0 Å². The summed E-state index contributed by atoms with van der Waals surface area (Å²) in [6.07, 6.45) is 8.66. The van der Waals surface area contributed by atoms with Crippen molar-refractivity contribution in [3.63, 3.8) is 0 Å². The molecule has 0 saturated carbocycles. The maximum Gasteiger partial charge on any atom is 0.303 e. The number of fused-ring (bicyclic) bond motifs is 1. The highest BCUT2D eigenvalue weighted by molar-refractivity contribution is 6.41. The smallest absolute Gasteiger partial charge is 0.303 e. The molecule has 2 aromatic carbocycles. The summed E-state index contributed by atoms with van der Waals surface area (Å²) in [6, 6.07) is 2.93. The number of amides is 8. The number of hydrogen-bond acceptors (Lipinski definition) is 17. The number of carboxylic acids is 1. The first-order valence-electron chi connectivity index (χ1n) is 34.3. The molecule has 100 heavy (non-hydrogen) atoms. The topological polar surface area (TPSA) is 430 Å². The van der Waals surface area contributed by atoms with Crippen molar-refractivity contribution < 1.29 is 77.3 Å².